The van der Waals surface area contributed by atoms with Crippen LogP contribution in [-0.4, -0.2) is 159 Å². The predicted molar refractivity (Wildman–Crippen MR) is 517 cm³/mol. The zero-order valence-electron chi connectivity index (χ0n) is 76.1. The largest absolute Gasteiger partial charge is 0.468 e. The van der Waals surface area contributed by atoms with Crippen LogP contribution in [0.1, 0.15) is 93.4 Å². The number of furan rings is 1. The van der Waals surface area contributed by atoms with Crippen molar-refractivity contribution in [2.45, 2.75) is 108 Å². The van der Waals surface area contributed by atoms with Crippen molar-refractivity contribution in [3.05, 3.63) is 294 Å². The first-order chi connectivity index (χ1) is 67.1. The number of carbonyl (C=O) groups is 4. The van der Waals surface area contributed by atoms with Crippen molar-refractivity contribution in [2.75, 3.05) is 102 Å². The van der Waals surface area contributed by atoms with E-state index in [9.17, 15) is 48.8 Å². The third kappa shape index (κ3) is 20.2. The first-order valence-electron chi connectivity index (χ1n) is 45.2. The third-order valence-corrected chi connectivity index (χ3v) is 30.8. The molecule has 8 aromatic carbocycles. The Bertz CT molecular complexity index is 7280. The molecule has 5 aliphatic heterocycles. The van der Waals surface area contributed by atoms with Crippen LogP contribution in [0.5, 0.6) is 46.0 Å². The Morgan fingerprint density at radius 3 is 1.22 bits per heavy atom. The van der Waals surface area contributed by atoms with Crippen molar-refractivity contribution >= 4 is 77.0 Å². The van der Waals surface area contributed by atoms with Crippen LogP contribution >= 0.6 is 0 Å². The average molecular weight is 1940 g/mol. The van der Waals surface area contributed by atoms with Gasteiger partial charge in [0, 0.05) is 71.6 Å². The first-order valence-corrected chi connectivity index (χ1v) is 49.6. The van der Waals surface area contributed by atoms with Crippen LogP contribution in [0.25, 0.3) is 44.9 Å². The number of carbonyl (C=O) groups excluding carboxylic acids is 4. The lowest BCUT2D eigenvalue weighted by atomic mass is 9.94. The number of aromatic nitrogens is 4. The first kappa shape index (κ1) is 93.5. The van der Waals surface area contributed by atoms with Gasteiger partial charge in [0.15, 0.2) is 46.0 Å². The average Bonchev–Trinajstić information content (AvgIpc) is 1.60. The molecule has 0 atom stereocenters. The van der Waals surface area contributed by atoms with Gasteiger partial charge in [0.2, 0.25) is 80.9 Å². The number of benzene rings is 8. The van der Waals surface area contributed by atoms with Gasteiger partial charge in [0.25, 0.3) is 0 Å². The summed E-state index contributed by atoms with van der Waals surface area (Å²) in [6, 6.07) is 68.0. The van der Waals surface area contributed by atoms with Gasteiger partial charge in [-0.3, -0.25) is 24.1 Å². The molecule has 0 spiro atoms. The highest BCUT2D eigenvalue weighted by Crippen LogP contribution is 2.55. The van der Waals surface area contributed by atoms with E-state index in [-0.39, 0.29) is 80.7 Å². The van der Waals surface area contributed by atoms with Crippen molar-refractivity contribution in [1.29, 1.82) is 0 Å². The molecule has 36 heteroatoms. The normalized spacial score (nSPS) is 16.3. The number of rotatable bonds is 27. The molecule has 0 unspecified atom stereocenters. The van der Waals surface area contributed by atoms with E-state index in [0.29, 0.717) is 124 Å². The molecular formula is C103H101FN12O20S3. The third-order valence-electron chi connectivity index (χ3n) is 26.1. The molecule has 9 aliphatic rings. The molecule has 22 rings (SSSR count). The number of ether oxygens (including phenoxy) is 9. The summed E-state index contributed by atoms with van der Waals surface area (Å²) in [5.74, 6) is 6.96. The molecule has 32 nitrogen and oxygen atoms in total. The van der Waals surface area contributed by atoms with E-state index in [0.717, 1.165) is 120 Å². The standard InChI is InChI=1S/C28H30N4O6S.C27H23N3O6S.C26H27N3O5S.C22H17FN2O3.2H2/c33-27(28(10-11-28)21-6-9-24-25(18-21)38-19-37-24)31-26-3-1-2-23(30-26)20-4-7-22(8-5-20)39(34,35)29-12-13-32-14-16-36-17-15-32;31-26(27(12-13-27)19-8-11-23-24(15-19)36-17-35-23)30-25-5-1-4-22(29-25)18-6-9-21(10-7-18)37(32,33)28-16-20-3-2-14-34-20;1-16-17(2)24(27-14-21(16)18-6-5-7-20(12-18)35(31,32)29(3)4)28-25(30)26(10-11-26)19-8-9-22-23(13-19)34-15-33-22;23-16-4-1-3-14(11-16)17-5-2-6-20(24-17)25-21(26)22(9-10-22)15-7-8-18-19(12-15)28-13-27-18;;/h1-9,18,29H,10-17,19H2,(H,30,31,33);1-11,14-15,28H,12-13,16-17H2,(H,29,30,31);5-9,12-14H,10-11,15H2,1-4H3,(H,27,28,30);1-8,11-12H,9-10,13H2,(H,24,25,26);2*1H. The number of hydrogen-bond acceptors (Lipinski definition) is 25. The zero-order valence-corrected chi connectivity index (χ0v) is 78.5. The molecule has 13 aromatic rings. The fraction of sp³-hybridized carbons (Fsp3) is 0.262. The van der Waals surface area contributed by atoms with E-state index >= 15 is 0 Å². The summed E-state index contributed by atoms with van der Waals surface area (Å²) >= 11 is 0. The highest BCUT2D eigenvalue weighted by atomic mass is 32.2. The van der Waals surface area contributed by atoms with Crippen molar-refractivity contribution < 1.29 is 98.7 Å². The number of morpholine rings is 1. The lowest BCUT2D eigenvalue weighted by molar-refractivity contribution is -0.119. The van der Waals surface area contributed by atoms with E-state index < -0.39 is 51.7 Å². The fourth-order valence-corrected chi connectivity index (χ4v) is 20.1. The van der Waals surface area contributed by atoms with Gasteiger partial charge in [-0.1, -0.05) is 91.0 Å². The molecular weight excluding hydrogens is 1840 g/mol. The van der Waals surface area contributed by atoms with Gasteiger partial charge in [-0.15, -0.1) is 0 Å². The molecule has 5 aromatic heterocycles. The summed E-state index contributed by atoms with van der Waals surface area (Å²) in [6.07, 6.45) is 9.17. The number of pyridine rings is 4. The van der Waals surface area contributed by atoms with E-state index in [1.165, 1.54) is 48.9 Å². The number of sulfonamides is 3. The number of anilines is 4. The van der Waals surface area contributed by atoms with Gasteiger partial charge in [-0.25, -0.2) is 63.3 Å². The van der Waals surface area contributed by atoms with Gasteiger partial charge in [-0.05, 0) is 250 Å². The van der Waals surface area contributed by atoms with Crippen molar-refractivity contribution in [1.82, 2.24) is 38.6 Å². The fourth-order valence-electron chi connectivity index (χ4n) is 17.1. The van der Waals surface area contributed by atoms with Crippen molar-refractivity contribution in [3.8, 4) is 90.9 Å². The second-order valence-corrected chi connectivity index (χ2v) is 40.7. The quantitative estimate of drug-likeness (QED) is 0.0278. The van der Waals surface area contributed by atoms with Gasteiger partial charge >= 0.3 is 0 Å². The minimum absolute atomic E-state index is 0. The Hall–Kier alpha value is -14.5. The Balaban J connectivity index is 0.000000130. The molecule has 10 heterocycles. The highest BCUT2D eigenvalue weighted by Gasteiger charge is 2.55. The molecule has 139 heavy (non-hydrogen) atoms. The second kappa shape index (κ2) is 38.8. The highest BCUT2D eigenvalue weighted by molar-refractivity contribution is 7.90. The summed E-state index contributed by atoms with van der Waals surface area (Å²) in [4.78, 5) is 73.8. The number of halogens is 1. The van der Waals surface area contributed by atoms with E-state index in [2.05, 4.69) is 55.5 Å². The molecule has 1 saturated heterocycles. The Kier molecular flexibility index (Phi) is 26.1. The second-order valence-electron chi connectivity index (χ2n) is 35.0. The smallest absolute Gasteiger partial charge is 0.242 e. The van der Waals surface area contributed by atoms with Gasteiger partial charge < -0.3 is 68.3 Å². The van der Waals surface area contributed by atoms with Crippen LogP contribution in [0.4, 0.5) is 27.7 Å². The van der Waals surface area contributed by atoms with Crippen LogP contribution in [0.2, 0.25) is 0 Å². The Labute approximate surface area is 804 Å². The number of fused-ring (bicyclic) bond motifs is 4. The Morgan fingerprint density at radius 2 is 0.806 bits per heavy atom. The maximum atomic E-state index is 13.5. The molecule has 0 bridgehead atoms. The molecule has 718 valence electrons. The number of amides is 4. The van der Waals surface area contributed by atoms with Crippen molar-refractivity contribution in [3.63, 3.8) is 0 Å². The van der Waals surface area contributed by atoms with E-state index in [4.69, 9.17) is 47.0 Å². The topological polar surface area (TPSA) is 397 Å². The molecule has 0 radical (unpaired) electrons. The summed E-state index contributed by atoms with van der Waals surface area (Å²) in [6.45, 7) is 8.62. The van der Waals surface area contributed by atoms with Gasteiger partial charge in [-0.2, -0.15) is 0 Å². The van der Waals surface area contributed by atoms with E-state index in [1.807, 2.05) is 105 Å². The SMILES string of the molecule is Cc1c(-c2cccc(S(=O)(=O)N(C)C)c2)cnc(NC(=O)C2(c3ccc4c(c3)OCO4)CC2)c1C.O=C(Nc1cccc(-c2ccc(S(=O)(=O)NCCN3CCOCC3)cc2)n1)C1(c2ccc3c(c2)OCO3)CC1.O=C(Nc1cccc(-c2ccc(S(=O)(=O)NCc3ccco3)cc2)n1)C1(c2ccc3c(c2)OCO3)CC1.O=C(Nc1cccc(-c2cccc(F)c2)n1)C1(c2ccc3c(c2)OCO3)CC1.[HH].[HH]. The van der Waals surface area contributed by atoms with Crippen LogP contribution in [0, 0.1) is 19.7 Å². The minimum atomic E-state index is -3.70. The monoisotopic (exact) mass is 1940 g/mol. The van der Waals surface area contributed by atoms with Gasteiger partial charge in [0.1, 0.15) is 34.8 Å². The van der Waals surface area contributed by atoms with Crippen LogP contribution < -0.4 is 68.6 Å². The molecule has 4 amide bonds. The van der Waals surface area contributed by atoms with E-state index in [1.54, 1.807) is 128 Å². The Morgan fingerprint density at radius 1 is 0.410 bits per heavy atom. The lowest BCUT2D eigenvalue weighted by Crippen LogP contribution is -2.41. The number of hydrogen-bond donors (Lipinski definition) is 6. The summed E-state index contributed by atoms with van der Waals surface area (Å²) < 4.78 is 150. The molecule has 6 N–H and O–H groups in total. The summed E-state index contributed by atoms with van der Waals surface area (Å²) in [5.41, 5.74) is 8.49. The maximum Gasteiger partial charge on any atom is 0.242 e. The number of nitrogens with zero attached hydrogens (tertiary/aromatic N) is 6. The number of nitrogens with one attached hydrogen (secondary N) is 6. The molecule has 4 saturated carbocycles. The van der Waals surface area contributed by atoms with Crippen LogP contribution in [0.3, 0.4) is 0 Å². The van der Waals surface area contributed by atoms with Gasteiger partial charge in [0.05, 0.1) is 79.4 Å². The minimum Gasteiger partial charge on any atom is -0.468 e. The summed E-state index contributed by atoms with van der Waals surface area (Å²) in [7, 11) is -7.87. The predicted octanol–water partition coefficient (Wildman–Crippen LogP) is 15.8. The maximum absolute atomic E-state index is 13.5. The molecule has 5 fully saturated rings. The lowest BCUT2D eigenvalue weighted by Gasteiger charge is -2.26. The molecule has 4 aliphatic carbocycles. The van der Waals surface area contributed by atoms with Crippen LogP contribution in [0.15, 0.2) is 268 Å². The van der Waals surface area contributed by atoms with Crippen molar-refractivity contribution in [2.24, 2.45) is 0 Å². The van der Waals surface area contributed by atoms with Crippen LogP contribution in [-0.2, 0) is 82.2 Å². The summed E-state index contributed by atoms with van der Waals surface area (Å²) in [5, 5.41) is 11.9. The zero-order chi connectivity index (χ0) is 96.4.